The van der Waals surface area contributed by atoms with Crippen molar-refractivity contribution < 1.29 is 4.79 Å². The van der Waals surface area contributed by atoms with Gasteiger partial charge in [-0.25, -0.2) is 9.97 Å². The lowest BCUT2D eigenvalue weighted by atomic mass is 10.1. The van der Waals surface area contributed by atoms with Crippen LogP contribution in [0.2, 0.25) is 0 Å². The summed E-state index contributed by atoms with van der Waals surface area (Å²) >= 11 is 1.36. The summed E-state index contributed by atoms with van der Waals surface area (Å²) in [5.74, 6) is 0.370. The van der Waals surface area contributed by atoms with Gasteiger partial charge in [-0.3, -0.25) is 4.79 Å². The first-order valence-corrected chi connectivity index (χ1v) is 8.38. The van der Waals surface area contributed by atoms with Gasteiger partial charge in [0, 0.05) is 17.9 Å². The van der Waals surface area contributed by atoms with Crippen LogP contribution < -0.4 is 5.32 Å². The molecule has 0 aliphatic heterocycles. The summed E-state index contributed by atoms with van der Waals surface area (Å²) in [6.07, 6.45) is 3.61. The van der Waals surface area contributed by atoms with E-state index in [1.807, 2.05) is 38.1 Å². The van der Waals surface area contributed by atoms with Crippen LogP contribution in [0.15, 0.2) is 47.8 Å². The third-order valence-corrected chi connectivity index (χ3v) is 4.08. The number of hydrogen-bond donors (Lipinski definition) is 1. The van der Waals surface area contributed by atoms with E-state index in [-0.39, 0.29) is 11.9 Å². The van der Waals surface area contributed by atoms with Gasteiger partial charge in [0.05, 0.1) is 5.75 Å². The Kier molecular flexibility index (Phi) is 6.40. The minimum absolute atomic E-state index is 0.0238. The molecule has 1 N–H and O–H groups in total. The molecule has 0 aliphatic rings. The first-order chi connectivity index (χ1) is 10.6. The number of thioether (sulfide) groups is 1. The monoisotopic (exact) mass is 315 g/mol. The summed E-state index contributed by atoms with van der Waals surface area (Å²) in [7, 11) is 0. The first kappa shape index (κ1) is 16.5. The molecule has 0 saturated heterocycles. The third-order valence-electron chi connectivity index (χ3n) is 3.22. The summed E-state index contributed by atoms with van der Waals surface area (Å²) < 4.78 is 0. The number of hydrogen-bond acceptors (Lipinski definition) is 4. The van der Waals surface area contributed by atoms with E-state index in [0.717, 1.165) is 18.5 Å². The molecule has 116 valence electrons. The predicted molar refractivity (Wildman–Crippen MR) is 89.9 cm³/mol. The van der Waals surface area contributed by atoms with E-state index in [4.69, 9.17) is 0 Å². The fraction of sp³-hybridized carbons (Fsp3) is 0.353. The molecule has 22 heavy (non-hydrogen) atoms. The fourth-order valence-electron chi connectivity index (χ4n) is 2.04. The highest BCUT2D eigenvalue weighted by molar-refractivity contribution is 7.99. The summed E-state index contributed by atoms with van der Waals surface area (Å²) in [6, 6.07) is 12.3. The minimum Gasteiger partial charge on any atom is -0.353 e. The van der Waals surface area contributed by atoms with Crippen molar-refractivity contribution in [1.29, 1.82) is 0 Å². The lowest BCUT2D eigenvalue weighted by Crippen LogP contribution is -2.34. The van der Waals surface area contributed by atoms with Crippen molar-refractivity contribution in [2.24, 2.45) is 0 Å². The highest BCUT2D eigenvalue weighted by atomic mass is 32.2. The zero-order chi connectivity index (χ0) is 15.8. The highest BCUT2D eigenvalue weighted by Crippen LogP contribution is 2.12. The van der Waals surface area contributed by atoms with Crippen molar-refractivity contribution in [2.75, 3.05) is 5.75 Å². The molecule has 1 aromatic heterocycles. The second-order valence-electron chi connectivity index (χ2n) is 5.26. The Labute approximate surface area is 135 Å². The van der Waals surface area contributed by atoms with Gasteiger partial charge in [0.15, 0.2) is 5.16 Å². The van der Waals surface area contributed by atoms with Crippen molar-refractivity contribution in [2.45, 2.75) is 37.9 Å². The molecule has 1 amide bonds. The molecule has 0 saturated carbocycles. The Hall–Kier alpha value is -1.88. The molecular weight excluding hydrogens is 294 g/mol. The van der Waals surface area contributed by atoms with Crippen molar-refractivity contribution >= 4 is 17.7 Å². The van der Waals surface area contributed by atoms with Crippen molar-refractivity contribution in [3.05, 3.63) is 53.9 Å². The van der Waals surface area contributed by atoms with Crippen LogP contribution in [-0.2, 0) is 11.2 Å². The van der Waals surface area contributed by atoms with Gasteiger partial charge in [0.1, 0.15) is 0 Å². The zero-order valence-electron chi connectivity index (χ0n) is 13.0. The molecule has 2 aromatic rings. The van der Waals surface area contributed by atoms with E-state index in [2.05, 4.69) is 27.4 Å². The number of aryl methyl sites for hydroxylation is 2. The van der Waals surface area contributed by atoms with E-state index in [0.29, 0.717) is 10.9 Å². The number of carbonyl (C=O) groups excluding carboxylic acids is 1. The molecular formula is C17H21N3OS. The Balaban J connectivity index is 1.70. The van der Waals surface area contributed by atoms with Gasteiger partial charge in [-0.15, -0.1) is 0 Å². The SMILES string of the molecule is Cc1ccnc(SCC(=O)N[C@@H](C)CCc2ccccc2)n1. The number of amides is 1. The largest absolute Gasteiger partial charge is 0.353 e. The number of rotatable bonds is 7. The first-order valence-electron chi connectivity index (χ1n) is 7.39. The number of nitrogens with one attached hydrogen (secondary N) is 1. The minimum atomic E-state index is 0.0238. The number of aromatic nitrogens is 2. The highest BCUT2D eigenvalue weighted by Gasteiger charge is 2.09. The number of carbonyl (C=O) groups is 1. The third kappa shape index (κ3) is 5.85. The standard InChI is InChI=1S/C17H21N3OS/c1-13(8-9-15-6-4-3-5-7-15)19-16(21)12-22-17-18-11-10-14(2)20-17/h3-7,10-11,13H,8-9,12H2,1-2H3,(H,19,21)/t13-/m0/s1. The molecule has 1 heterocycles. The van der Waals surface area contributed by atoms with E-state index in [1.165, 1.54) is 17.3 Å². The van der Waals surface area contributed by atoms with Crippen LogP contribution in [0.4, 0.5) is 0 Å². The topological polar surface area (TPSA) is 54.9 Å². The van der Waals surface area contributed by atoms with Gasteiger partial charge in [-0.1, -0.05) is 42.1 Å². The number of benzene rings is 1. The Morgan fingerprint density at radius 3 is 2.77 bits per heavy atom. The van der Waals surface area contributed by atoms with Crippen LogP contribution >= 0.6 is 11.8 Å². The Morgan fingerprint density at radius 1 is 1.27 bits per heavy atom. The molecule has 5 heteroatoms. The molecule has 0 fully saturated rings. The average molecular weight is 315 g/mol. The molecule has 1 aromatic carbocycles. The maximum Gasteiger partial charge on any atom is 0.230 e. The van der Waals surface area contributed by atoms with Crippen LogP contribution in [0.3, 0.4) is 0 Å². The predicted octanol–water partition coefficient (Wildman–Crippen LogP) is 3.01. The second-order valence-corrected chi connectivity index (χ2v) is 6.20. The van der Waals surface area contributed by atoms with Crippen LogP contribution in [0.1, 0.15) is 24.6 Å². The Bertz CT molecular complexity index is 604. The van der Waals surface area contributed by atoms with E-state index >= 15 is 0 Å². The lowest BCUT2D eigenvalue weighted by molar-refractivity contribution is -0.119. The van der Waals surface area contributed by atoms with Gasteiger partial charge in [0.2, 0.25) is 5.91 Å². The lowest BCUT2D eigenvalue weighted by Gasteiger charge is -2.13. The van der Waals surface area contributed by atoms with Gasteiger partial charge in [0.25, 0.3) is 0 Å². The average Bonchev–Trinajstić information content (AvgIpc) is 2.52. The summed E-state index contributed by atoms with van der Waals surface area (Å²) in [4.78, 5) is 20.3. The second kappa shape index (κ2) is 8.54. The van der Waals surface area contributed by atoms with E-state index in [9.17, 15) is 4.79 Å². The molecule has 0 bridgehead atoms. The normalized spacial score (nSPS) is 11.9. The van der Waals surface area contributed by atoms with E-state index in [1.54, 1.807) is 6.20 Å². The van der Waals surface area contributed by atoms with Crippen molar-refractivity contribution in [3.8, 4) is 0 Å². The van der Waals surface area contributed by atoms with Gasteiger partial charge >= 0.3 is 0 Å². The summed E-state index contributed by atoms with van der Waals surface area (Å²) in [5.41, 5.74) is 2.21. The van der Waals surface area contributed by atoms with Crippen molar-refractivity contribution in [3.63, 3.8) is 0 Å². The van der Waals surface area contributed by atoms with Crippen LogP contribution in [-0.4, -0.2) is 27.7 Å². The number of nitrogens with zero attached hydrogens (tertiary/aromatic N) is 2. The molecule has 0 unspecified atom stereocenters. The molecule has 0 spiro atoms. The van der Waals surface area contributed by atoms with Crippen LogP contribution in [0, 0.1) is 6.92 Å². The fourth-order valence-corrected chi connectivity index (χ4v) is 2.73. The van der Waals surface area contributed by atoms with Gasteiger partial charge in [-0.2, -0.15) is 0 Å². The molecule has 0 aliphatic carbocycles. The molecule has 2 rings (SSSR count). The van der Waals surface area contributed by atoms with Gasteiger partial charge < -0.3 is 5.32 Å². The van der Waals surface area contributed by atoms with Gasteiger partial charge in [-0.05, 0) is 38.3 Å². The summed E-state index contributed by atoms with van der Waals surface area (Å²) in [5, 5.41) is 3.67. The molecule has 4 nitrogen and oxygen atoms in total. The smallest absolute Gasteiger partial charge is 0.230 e. The maximum atomic E-state index is 11.9. The van der Waals surface area contributed by atoms with E-state index < -0.39 is 0 Å². The molecule has 1 atom stereocenters. The van der Waals surface area contributed by atoms with Crippen LogP contribution in [0.25, 0.3) is 0 Å². The van der Waals surface area contributed by atoms with Crippen molar-refractivity contribution in [1.82, 2.24) is 15.3 Å². The Morgan fingerprint density at radius 2 is 2.05 bits per heavy atom. The molecule has 0 radical (unpaired) electrons. The maximum absolute atomic E-state index is 11.9. The summed E-state index contributed by atoms with van der Waals surface area (Å²) in [6.45, 7) is 3.95. The quantitative estimate of drug-likeness (QED) is 0.630. The van der Waals surface area contributed by atoms with Crippen LogP contribution in [0.5, 0.6) is 0 Å². The zero-order valence-corrected chi connectivity index (χ0v) is 13.8.